The number of ether oxygens (including phenoxy) is 1. The number of aryl methyl sites for hydroxylation is 1. The average molecular weight is 416 g/mol. The zero-order chi connectivity index (χ0) is 21.2. The summed E-state index contributed by atoms with van der Waals surface area (Å²) in [5.74, 6) is -1.89. The minimum Gasteiger partial charge on any atom is -0.464 e. The number of nitrogens with zero attached hydrogens (tertiary/aromatic N) is 1. The van der Waals surface area contributed by atoms with Crippen molar-refractivity contribution in [3.05, 3.63) is 65.7 Å². The van der Waals surface area contributed by atoms with E-state index in [0.717, 1.165) is 11.1 Å². The molecule has 1 amide bonds. The van der Waals surface area contributed by atoms with E-state index in [-0.39, 0.29) is 18.0 Å². The van der Waals surface area contributed by atoms with Crippen molar-refractivity contribution in [1.29, 1.82) is 0 Å². The van der Waals surface area contributed by atoms with Crippen LogP contribution in [-0.2, 0) is 30.7 Å². The molecular weight excluding hydrogens is 390 g/mol. The number of amides is 1. The molecule has 1 aliphatic heterocycles. The van der Waals surface area contributed by atoms with Gasteiger partial charge < -0.3 is 9.64 Å². The average Bonchev–Trinajstić information content (AvgIpc) is 2.93. The van der Waals surface area contributed by atoms with E-state index >= 15 is 0 Å². The highest BCUT2D eigenvalue weighted by molar-refractivity contribution is 7.92. The number of likely N-dealkylation sites (tertiary alicyclic amines) is 1. The molecule has 7 heteroatoms. The fourth-order valence-electron chi connectivity index (χ4n) is 3.79. The third-order valence-corrected chi connectivity index (χ3v) is 7.47. The summed E-state index contributed by atoms with van der Waals surface area (Å²) in [7, 11) is -3.96. The second kappa shape index (κ2) is 8.37. The summed E-state index contributed by atoms with van der Waals surface area (Å²) >= 11 is 0. The van der Waals surface area contributed by atoms with E-state index < -0.39 is 38.9 Å². The first-order valence-electron chi connectivity index (χ1n) is 9.59. The maximum atomic E-state index is 13.3. The molecule has 3 atom stereocenters. The zero-order valence-electron chi connectivity index (χ0n) is 16.7. The Morgan fingerprint density at radius 3 is 2.28 bits per heavy atom. The fraction of sp³-hybridized carbons (Fsp3) is 0.364. The van der Waals surface area contributed by atoms with E-state index in [2.05, 4.69) is 0 Å². The first kappa shape index (κ1) is 21.0. The Balaban J connectivity index is 2.01. The third-order valence-electron chi connectivity index (χ3n) is 5.25. The molecule has 0 aromatic heterocycles. The van der Waals surface area contributed by atoms with Crippen LogP contribution in [0.3, 0.4) is 0 Å². The molecule has 2 aromatic carbocycles. The van der Waals surface area contributed by atoms with Gasteiger partial charge in [0.05, 0.1) is 11.5 Å². The Hall–Kier alpha value is -2.67. The first-order chi connectivity index (χ1) is 13.8. The predicted molar refractivity (Wildman–Crippen MR) is 109 cm³/mol. The standard InChI is InChI=1S/C22H25NO5S/c1-4-28-22(25)19-16(3)20(29(26,27)18-12-10-15(2)11-13-18)21(24)23(19)14-17-8-6-5-7-9-17/h5-13,16,19-20H,4,14H2,1-3H3/t16-,19+,20+/m0/s1. The van der Waals surface area contributed by atoms with Crippen LogP contribution in [0.15, 0.2) is 59.5 Å². The van der Waals surface area contributed by atoms with Gasteiger partial charge in [-0.15, -0.1) is 0 Å². The summed E-state index contributed by atoms with van der Waals surface area (Å²) in [5, 5.41) is -1.33. The van der Waals surface area contributed by atoms with Gasteiger partial charge in [-0.2, -0.15) is 0 Å². The molecule has 1 heterocycles. The smallest absolute Gasteiger partial charge is 0.329 e. The summed E-state index contributed by atoms with van der Waals surface area (Å²) in [5.41, 5.74) is 1.74. The Bertz CT molecular complexity index is 986. The largest absolute Gasteiger partial charge is 0.464 e. The van der Waals surface area contributed by atoms with Crippen molar-refractivity contribution in [2.24, 2.45) is 5.92 Å². The fourth-order valence-corrected chi connectivity index (χ4v) is 5.71. The number of hydrogen-bond acceptors (Lipinski definition) is 5. The Kier molecular flexibility index (Phi) is 6.07. The normalized spacial score (nSPS) is 22.0. The number of carbonyl (C=O) groups excluding carboxylic acids is 2. The van der Waals surface area contributed by atoms with E-state index in [1.54, 1.807) is 26.0 Å². The molecular formula is C22H25NO5S. The molecule has 1 aliphatic rings. The van der Waals surface area contributed by atoms with Crippen LogP contribution in [-0.4, -0.2) is 43.1 Å². The van der Waals surface area contributed by atoms with Gasteiger partial charge in [-0.1, -0.05) is 55.0 Å². The summed E-state index contributed by atoms with van der Waals surface area (Å²) in [6, 6.07) is 14.6. The minimum absolute atomic E-state index is 0.0810. The number of esters is 1. The van der Waals surface area contributed by atoms with Crippen molar-refractivity contribution in [1.82, 2.24) is 4.90 Å². The van der Waals surface area contributed by atoms with Gasteiger partial charge in [0.25, 0.3) is 0 Å². The number of hydrogen-bond donors (Lipinski definition) is 0. The molecule has 0 N–H and O–H groups in total. The number of rotatable bonds is 6. The van der Waals surface area contributed by atoms with Crippen molar-refractivity contribution >= 4 is 21.7 Å². The number of benzene rings is 2. The van der Waals surface area contributed by atoms with Crippen molar-refractivity contribution in [2.75, 3.05) is 6.61 Å². The second-order valence-electron chi connectivity index (χ2n) is 7.29. The van der Waals surface area contributed by atoms with Crippen molar-refractivity contribution in [3.8, 4) is 0 Å². The molecule has 1 fully saturated rings. The summed E-state index contributed by atoms with van der Waals surface area (Å²) < 4.78 is 31.7. The molecule has 0 aliphatic carbocycles. The van der Waals surface area contributed by atoms with Crippen LogP contribution in [0.1, 0.15) is 25.0 Å². The number of carbonyl (C=O) groups is 2. The Labute approximate surface area is 171 Å². The molecule has 0 bridgehead atoms. The summed E-state index contributed by atoms with van der Waals surface area (Å²) in [6.45, 7) is 5.47. The molecule has 0 unspecified atom stereocenters. The van der Waals surface area contributed by atoms with Crippen molar-refractivity contribution in [3.63, 3.8) is 0 Å². The molecule has 29 heavy (non-hydrogen) atoms. The minimum atomic E-state index is -3.96. The SMILES string of the molecule is CCOC(=O)[C@H]1[C@H](C)[C@@H](S(=O)(=O)c2ccc(C)cc2)C(=O)N1Cc1ccccc1. The van der Waals surface area contributed by atoms with Gasteiger partial charge in [-0.3, -0.25) is 4.79 Å². The highest BCUT2D eigenvalue weighted by atomic mass is 32.2. The van der Waals surface area contributed by atoms with Gasteiger partial charge >= 0.3 is 5.97 Å². The van der Waals surface area contributed by atoms with Gasteiger partial charge in [-0.05, 0) is 31.5 Å². The summed E-state index contributed by atoms with van der Waals surface area (Å²) in [4.78, 5) is 27.3. The van der Waals surface area contributed by atoms with E-state index in [1.165, 1.54) is 17.0 Å². The van der Waals surface area contributed by atoms with E-state index in [9.17, 15) is 18.0 Å². The molecule has 1 saturated heterocycles. The van der Waals surface area contributed by atoms with E-state index in [4.69, 9.17) is 4.74 Å². The number of sulfone groups is 1. The lowest BCUT2D eigenvalue weighted by Gasteiger charge is -2.25. The molecule has 3 rings (SSSR count). The first-order valence-corrected chi connectivity index (χ1v) is 11.1. The monoisotopic (exact) mass is 415 g/mol. The molecule has 6 nitrogen and oxygen atoms in total. The quantitative estimate of drug-likeness (QED) is 0.678. The van der Waals surface area contributed by atoms with Crippen molar-refractivity contribution < 1.29 is 22.7 Å². The maximum absolute atomic E-state index is 13.3. The van der Waals surface area contributed by atoms with E-state index in [1.807, 2.05) is 37.3 Å². The highest BCUT2D eigenvalue weighted by Crippen LogP contribution is 2.35. The van der Waals surface area contributed by atoms with Crippen LogP contribution in [0, 0.1) is 12.8 Å². The van der Waals surface area contributed by atoms with Gasteiger partial charge in [0, 0.05) is 12.5 Å². The van der Waals surface area contributed by atoms with Gasteiger partial charge in [0.1, 0.15) is 11.3 Å². The molecule has 0 saturated carbocycles. The van der Waals surface area contributed by atoms with Crippen LogP contribution < -0.4 is 0 Å². The Morgan fingerprint density at radius 2 is 1.69 bits per heavy atom. The van der Waals surface area contributed by atoms with Crippen LogP contribution in [0.4, 0.5) is 0 Å². The molecule has 0 radical (unpaired) electrons. The summed E-state index contributed by atoms with van der Waals surface area (Å²) in [6.07, 6.45) is 0. The topological polar surface area (TPSA) is 80.8 Å². The third kappa shape index (κ3) is 4.05. The van der Waals surface area contributed by atoms with Gasteiger partial charge in [-0.25, -0.2) is 13.2 Å². The van der Waals surface area contributed by atoms with Crippen molar-refractivity contribution in [2.45, 2.75) is 43.5 Å². The Morgan fingerprint density at radius 1 is 1.07 bits per heavy atom. The second-order valence-corrected chi connectivity index (χ2v) is 9.36. The lowest BCUT2D eigenvalue weighted by Crippen LogP contribution is -2.41. The lowest BCUT2D eigenvalue weighted by atomic mass is 10.0. The zero-order valence-corrected chi connectivity index (χ0v) is 17.6. The highest BCUT2D eigenvalue weighted by Gasteiger charge is 2.55. The van der Waals surface area contributed by atoms with E-state index in [0.29, 0.717) is 0 Å². The van der Waals surface area contributed by atoms with Crippen LogP contribution in [0.5, 0.6) is 0 Å². The van der Waals surface area contributed by atoms with Gasteiger partial charge in [0.2, 0.25) is 5.91 Å². The van der Waals surface area contributed by atoms with Gasteiger partial charge in [0.15, 0.2) is 9.84 Å². The van der Waals surface area contributed by atoms with Crippen LogP contribution in [0.2, 0.25) is 0 Å². The predicted octanol–water partition coefficient (Wildman–Crippen LogP) is 2.75. The molecule has 2 aromatic rings. The van der Waals surface area contributed by atoms with Crippen LogP contribution >= 0.6 is 0 Å². The maximum Gasteiger partial charge on any atom is 0.329 e. The van der Waals surface area contributed by atoms with Crippen LogP contribution in [0.25, 0.3) is 0 Å². The lowest BCUT2D eigenvalue weighted by molar-refractivity contribution is -0.152. The molecule has 0 spiro atoms. The molecule has 154 valence electrons.